The molecule has 0 rings (SSSR count). The van der Waals surface area contributed by atoms with Gasteiger partial charge in [0.2, 0.25) is 0 Å². The van der Waals surface area contributed by atoms with Crippen LogP contribution in [0.4, 0.5) is 0 Å². The van der Waals surface area contributed by atoms with Crippen molar-refractivity contribution in [2.45, 2.75) is 270 Å². The number of carboxylic acid groups (broad SMARTS) is 1. The van der Waals surface area contributed by atoms with Gasteiger partial charge in [0.05, 0.1) is 39.3 Å². The van der Waals surface area contributed by atoms with Gasteiger partial charge < -0.3 is 33.9 Å². The Labute approximate surface area is 400 Å². The number of rotatable bonds is 51. The van der Waals surface area contributed by atoms with E-state index in [0.29, 0.717) is 51.9 Å². The Morgan fingerprint density at radius 2 is 0.606 bits per heavy atom. The summed E-state index contributed by atoms with van der Waals surface area (Å²) in [4.78, 5) is 72.7. The zero-order chi connectivity index (χ0) is 48.4. The summed E-state index contributed by atoms with van der Waals surface area (Å²) in [5.74, 6) is -2.56. The number of hydrogen-bond acceptors (Lipinski definition) is 12. The molecule has 0 saturated heterocycles. The Balaban J connectivity index is 4.12. The summed E-state index contributed by atoms with van der Waals surface area (Å²) in [5.41, 5.74) is 0. The molecule has 66 heavy (non-hydrogen) atoms. The first-order chi connectivity index (χ1) is 32.2. The summed E-state index contributed by atoms with van der Waals surface area (Å²) in [6, 6.07) is 0. The molecule has 1 atom stereocenters. The highest BCUT2D eigenvalue weighted by molar-refractivity contribution is 5.76. The number of aliphatic hydroxyl groups excluding tert-OH is 1. The molecule has 0 aromatic heterocycles. The number of carbonyl (C=O) groups excluding carboxylic acids is 5. The van der Waals surface area contributed by atoms with Crippen molar-refractivity contribution in [1.29, 1.82) is 0 Å². The van der Waals surface area contributed by atoms with Crippen molar-refractivity contribution in [2.24, 2.45) is 0 Å². The lowest BCUT2D eigenvalue weighted by atomic mass is 10.1. The monoisotopic (exact) mass is 941 g/mol. The van der Waals surface area contributed by atoms with Gasteiger partial charge in [-0.1, -0.05) is 167 Å². The minimum Gasteiger partial charge on any atom is -0.481 e. The molecule has 0 aliphatic carbocycles. The maximum absolute atomic E-state index is 12.8. The van der Waals surface area contributed by atoms with E-state index in [0.717, 1.165) is 141 Å². The highest BCUT2D eigenvalue weighted by Crippen LogP contribution is 2.16. The highest BCUT2D eigenvalue weighted by atomic mass is 16.6. The van der Waals surface area contributed by atoms with Crippen molar-refractivity contribution in [3.63, 3.8) is 0 Å². The van der Waals surface area contributed by atoms with E-state index in [1.807, 2.05) is 0 Å². The van der Waals surface area contributed by atoms with Crippen LogP contribution in [-0.2, 0) is 52.5 Å². The first-order valence-corrected chi connectivity index (χ1v) is 26.8. The van der Waals surface area contributed by atoms with Crippen LogP contribution >= 0.6 is 0 Å². The van der Waals surface area contributed by atoms with Gasteiger partial charge in [-0.2, -0.15) is 0 Å². The van der Waals surface area contributed by atoms with Gasteiger partial charge in [-0.25, -0.2) is 0 Å². The van der Waals surface area contributed by atoms with Crippen LogP contribution in [-0.4, -0.2) is 85.2 Å². The fourth-order valence-electron chi connectivity index (χ4n) is 7.70. The number of esters is 5. The van der Waals surface area contributed by atoms with Crippen LogP contribution in [0.2, 0.25) is 0 Å². The molecule has 0 saturated carbocycles. The first kappa shape index (κ1) is 62.8. The number of carboxylic acids is 1. The van der Waals surface area contributed by atoms with Gasteiger partial charge in [0.15, 0.2) is 0 Å². The summed E-state index contributed by atoms with van der Waals surface area (Å²) in [7, 11) is 0. The number of unbranched alkanes of at least 4 members (excludes halogenated alkanes) is 29. The van der Waals surface area contributed by atoms with E-state index in [-0.39, 0.29) is 50.8 Å². The molecule has 0 bridgehead atoms. The van der Waals surface area contributed by atoms with Crippen LogP contribution < -0.4 is 0 Å². The van der Waals surface area contributed by atoms with E-state index in [1.165, 1.54) is 57.8 Å². The molecule has 0 radical (unpaired) electrons. The summed E-state index contributed by atoms with van der Waals surface area (Å²) in [6.45, 7) is 3.87. The van der Waals surface area contributed by atoms with Gasteiger partial charge in [-0.3, -0.25) is 28.8 Å². The number of ether oxygens (including phenoxy) is 5. The van der Waals surface area contributed by atoms with Crippen LogP contribution in [0.5, 0.6) is 0 Å². The topological polar surface area (TPSA) is 189 Å². The van der Waals surface area contributed by atoms with E-state index in [4.69, 9.17) is 33.9 Å². The maximum Gasteiger partial charge on any atom is 0.309 e. The molecule has 1 unspecified atom stereocenters. The molecular weight excluding hydrogens is 845 g/mol. The smallest absolute Gasteiger partial charge is 0.309 e. The lowest BCUT2D eigenvalue weighted by molar-refractivity contribution is -0.159. The number of carbonyl (C=O) groups is 6. The molecule has 0 aliphatic heterocycles. The maximum atomic E-state index is 12.8. The van der Waals surface area contributed by atoms with Gasteiger partial charge in [-0.05, 0) is 57.8 Å². The average molecular weight is 941 g/mol. The van der Waals surface area contributed by atoms with Gasteiger partial charge in [-0.15, -0.1) is 0 Å². The zero-order valence-corrected chi connectivity index (χ0v) is 41.8. The predicted molar refractivity (Wildman–Crippen MR) is 259 cm³/mol. The first-order valence-electron chi connectivity index (χ1n) is 26.8. The van der Waals surface area contributed by atoms with E-state index < -0.39 is 30.0 Å². The van der Waals surface area contributed by atoms with Crippen LogP contribution in [0.1, 0.15) is 264 Å². The summed E-state index contributed by atoms with van der Waals surface area (Å²) in [5, 5.41) is 17.6. The molecule has 0 fully saturated rings. The summed E-state index contributed by atoms with van der Waals surface area (Å²) in [6.07, 6.45) is 33.6. The Bertz CT molecular complexity index is 1180. The third-order valence-electron chi connectivity index (χ3n) is 11.8. The summed E-state index contributed by atoms with van der Waals surface area (Å²) >= 11 is 0. The number of aliphatic hydroxyl groups is 1. The second-order valence-electron chi connectivity index (χ2n) is 18.2. The second-order valence-corrected chi connectivity index (χ2v) is 18.2. The minimum absolute atomic E-state index is 0.0998. The molecule has 0 aromatic carbocycles. The average Bonchev–Trinajstić information content (AvgIpc) is 3.28. The number of aliphatic carboxylic acids is 1. The third-order valence-corrected chi connectivity index (χ3v) is 11.8. The van der Waals surface area contributed by atoms with Crippen LogP contribution in [0.15, 0.2) is 0 Å². The van der Waals surface area contributed by atoms with E-state index in [9.17, 15) is 28.8 Å². The molecule has 13 nitrogen and oxygen atoms in total. The lowest BCUT2D eigenvalue weighted by Gasteiger charge is -2.17. The van der Waals surface area contributed by atoms with Crippen LogP contribution in [0.3, 0.4) is 0 Å². The van der Waals surface area contributed by atoms with Crippen molar-refractivity contribution in [3.05, 3.63) is 0 Å². The standard InChI is InChI=1S/C53H96O13/c1-2-3-4-5-6-7-10-14-24-34-43-64-52(60)45-47(46-53(61)65-44-35-25-16-18-27-36-48(55)56)66-51(59)39-30-21-17-26-33-42-63-49(57)37-28-19-12-9-8-11-13-23-32-41-62-50(58)38-29-20-15-22-31-40-54/h47,54H,2-46H2,1H3,(H,55,56). The molecule has 386 valence electrons. The van der Waals surface area contributed by atoms with Crippen molar-refractivity contribution in [2.75, 3.05) is 33.0 Å². The predicted octanol–water partition coefficient (Wildman–Crippen LogP) is 12.8. The van der Waals surface area contributed by atoms with Gasteiger partial charge in [0.1, 0.15) is 6.10 Å². The normalized spacial score (nSPS) is 11.5. The van der Waals surface area contributed by atoms with Gasteiger partial charge >= 0.3 is 35.8 Å². The number of hydrogen-bond donors (Lipinski definition) is 2. The van der Waals surface area contributed by atoms with Crippen molar-refractivity contribution < 1.29 is 62.7 Å². The SMILES string of the molecule is CCCCCCCCCCCCOC(=O)CC(CC(=O)OCCCCCCCC(=O)O)OC(=O)CCCCCCCOC(=O)CCCCCCCCCCCOC(=O)CCCCCCCO. The van der Waals surface area contributed by atoms with E-state index >= 15 is 0 Å². The highest BCUT2D eigenvalue weighted by Gasteiger charge is 2.23. The quantitative estimate of drug-likeness (QED) is 0.0333. The molecule has 0 aromatic rings. The Kier molecular flexibility index (Phi) is 47.3. The fourth-order valence-corrected chi connectivity index (χ4v) is 7.70. The van der Waals surface area contributed by atoms with Crippen molar-refractivity contribution in [3.8, 4) is 0 Å². The molecule has 0 aliphatic rings. The van der Waals surface area contributed by atoms with E-state index in [1.54, 1.807) is 0 Å². The molecule has 13 heteroatoms. The Morgan fingerprint density at radius 1 is 0.333 bits per heavy atom. The van der Waals surface area contributed by atoms with Crippen LogP contribution in [0.25, 0.3) is 0 Å². The largest absolute Gasteiger partial charge is 0.481 e. The van der Waals surface area contributed by atoms with Gasteiger partial charge in [0, 0.05) is 32.3 Å². The van der Waals surface area contributed by atoms with Crippen molar-refractivity contribution >= 4 is 35.8 Å². The summed E-state index contributed by atoms with van der Waals surface area (Å²) < 4.78 is 27.1. The molecule has 0 heterocycles. The molecular formula is C53H96O13. The second kappa shape index (κ2) is 49.7. The Hall–Kier alpha value is -3.22. The fraction of sp³-hybridized carbons (Fsp3) is 0.887. The molecule has 0 spiro atoms. The minimum atomic E-state index is -0.961. The van der Waals surface area contributed by atoms with Crippen LogP contribution in [0, 0.1) is 0 Å². The Morgan fingerprint density at radius 3 is 0.939 bits per heavy atom. The zero-order valence-electron chi connectivity index (χ0n) is 41.8. The van der Waals surface area contributed by atoms with E-state index in [2.05, 4.69) is 6.92 Å². The van der Waals surface area contributed by atoms with Crippen molar-refractivity contribution in [1.82, 2.24) is 0 Å². The molecule has 2 N–H and O–H groups in total. The molecule has 0 amide bonds. The third kappa shape index (κ3) is 48.7. The lowest BCUT2D eigenvalue weighted by Crippen LogP contribution is -2.26. The van der Waals surface area contributed by atoms with Gasteiger partial charge in [0.25, 0.3) is 0 Å².